The number of hydrogen-bond donors (Lipinski definition) is 2. The van der Waals surface area contributed by atoms with Crippen molar-refractivity contribution >= 4 is 17.7 Å². The van der Waals surface area contributed by atoms with Crippen LogP contribution < -0.4 is 10.8 Å². The second-order valence-electron chi connectivity index (χ2n) is 3.14. The van der Waals surface area contributed by atoms with E-state index in [9.17, 15) is 22.8 Å². The van der Waals surface area contributed by atoms with Crippen LogP contribution in [0.4, 0.5) is 23.7 Å². The topological polar surface area (TPSA) is 93.5 Å². The maximum atomic E-state index is 11.7. The molecule has 0 atom stereocenters. The van der Waals surface area contributed by atoms with Crippen molar-refractivity contribution in [3.8, 4) is 0 Å². The quantitative estimate of drug-likeness (QED) is 0.751. The Morgan fingerprint density at radius 2 is 1.94 bits per heavy atom. The zero-order valence-electron chi connectivity index (χ0n) is 9.21. The van der Waals surface area contributed by atoms with Crippen LogP contribution in [0.15, 0.2) is 4.52 Å². The van der Waals surface area contributed by atoms with Gasteiger partial charge >= 0.3 is 18.2 Å². The fourth-order valence-corrected chi connectivity index (χ4v) is 0.951. The van der Waals surface area contributed by atoms with Gasteiger partial charge in [0.05, 0.1) is 0 Å². The van der Waals surface area contributed by atoms with E-state index in [1.807, 2.05) is 0 Å². The lowest BCUT2D eigenvalue weighted by Gasteiger charge is -2.08. The normalized spacial score (nSPS) is 10.9. The van der Waals surface area contributed by atoms with Crippen LogP contribution in [0.1, 0.15) is 11.5 Å². The molecule has 0 aliphatic heterocycles. The summed E-state index contributed by atoms with van der Waals surface area (Å²) in [5.74, 6) is -2.28. The van der Waals surface area contributed by atoms with E-state index >= 15 is 0 Å². The number of aromatic nitrogens is 1. The molecule has 0 saturated heterocycles. The number of hydroxylamine groups is 1. The molecule has 0 fully saturated rings. The van der Waals surface area contributed by atoms with Crippen LogP contribution in [0.2, 0.25) is 0 Å². The fourth-order valence-electron chi connectivity index (χ4n) is 0.951. The van der Waals surface area contributed by atoms with Gasteiger partial charge in [-0.15, -0.1) is 0 Å². The van der Waals surface area contributed by atoms with E-state index in [1.54, 1.807) is 0 Å². The second-order valence-corrected chi connectivity index (χ2v) is 3.14. The average Bonchev–Trinajstić information content (AvgIpc) is 2.56. The Balaban J connectivity index is 2.51. The molecule has 0 bridgehead atoms. The van der Waals surface area contributed by atoms with Crippen molar-refractivity contribution in [2.45, 2.75) is 20.0 Å². The maximum Gasteiger partial charge on any atom is 0.493 e. The Bertz CT molecular complexity index is 449. The molecular weight excluding hydrogens is 259 g/mol. The lowest BCUT2D eigenvalue weighted by atomic mass is 10.3. The van der Waals surface area contributed by atoms with Crippen LogP contribution in [0.25, 0.3) is 0 Å². The lowest BCUT2D eigenvalue weighted by Crippen LogP contribution is -2.36. The summed E-state index contributed by atoms with van der Waals surface area (Å²) in [6, 6.07) is -1.16. The fraction of sp³-hybridized carbons (Fsp3) is 0.375. The summed E-state index contributed by atoms with van der Waals surface area (Å²) in [5, 5.41) is 5.61. The van der Waals surface area contributed by atoms with E-state index in [-0.39, 0.29) is 11.4 Å². The molecule has 0 aliphatic rings. The molecule has 0 radical (unpaired) electrons. The van der Waals surface area contributed by atoms with E-state index in [0.717, 1.165) is 0 Å². The van der Waals surface area contributed by atoms with Gasteiger partial charge in [0, 0.05) is 0 Å². The van der Waals surface area contributed by atoms with E-state index in [4.69, 9.17) is 4.52 Å². The molecule has 1 rings (SSSR count). The van der Waals surface area contributed by atoms with Gasteiger partial charge in [0.25, 0.3) is 0 Å². The van der Waals surface area contributed by atoms with Gasteiger partial charge in [-0.1, -0.05) is 5.16 Å². The highest BCUT2D eigenvalue weighted by atomic mass is 19.4. The van der Waals surface area contributed by atoms with Crippen molar-refractivity contribution in [1.29, 1.82) is 0 Å². The molecule has 2 amide bonds. The summed E-state index contributed by atoms with van der Waals surface area (Å²) >= 11 is 0. The molecular formula is C8H8F3N3O4. The van der Waals surface area contributed by atoms with Crippen molar-refractivity contribution in [2.24, 2.45) is 0 Å². The average molecular weight is 267 g/mol. The third-order valence-corrected chi connectivity index (χ3v) is 1.74. The summed E-state index contributed by atoms with van der Waals surface area (Å²) in [5.41, 5.74) is 1.79. The van der Waals surface area contributed by atoms with Gasteiger partial charge in [0.1, 0.15) is 11.4 Å². The first-order valence-corrected chi connectivity index (χ1v) is 4.49. The van der Waals surface area contributed by atoms with Crippen LogP contribution in [0, 0.1) is 13.8 Å². The highest BCUT2D eigenvalue weighted by Gasteiger charge is 2.42. The number of nitrogens with zero attached hydrogens (tertiary/aromatic N) is 1. The van der Waals surface area contributed by atoms with Gasteiger partial charge in [-0.25, -0.2) is 9.59 Å². The smallest absolute Gasteiger partial charge is 0.359 e. The summed E-state index contributed by atoms with van der Waals surface area (Å²) < 4.78 is 39.9. The summed E-state index contributed by atoms with van der Waals surface area (Å²) in [6.07, 6.45) is -5.18. The van der Waals surface area contributed by atoms with Crippen LogP contribution in [-0.2, 0) is 9.63 Å². The summed E-state index contributed by atoms with van der Waals surface area (Å²) in [7, 11) is 0. The number of urea groups is 1. The number of carbonyl (C=O) groups excluding carboxylic acids is 2. The van der Waals surface area contributed by atoms with Gasteiger partial charge in [0.15, 0.2) is 5.76 Å². The Morgan fingerprint density at radius 3 is 2.39 bits per heavy atom. The Hall–Kier alpha value is -2.26. The third kappa shape index (κ3) is 3.37. The SMILES string of the molecule is Cc1noc(C)c1NC(=O)NOC(=O)C(F)(F)F. The molecule has 1 aromatic heterocycles. The molecule has 1 heterocycles. The van der Waals surface area contributed by atoms with E-state index < -0.39 is 18.2 Å². The van der Waals surface area contributed by atoms with Crippen molar-refractivity contribution in [1.82, 2.24) is 10.6 Å². The number of halogens is 3. The van der Waals surface area contributed by atoms with E-state index in [0.29, 0.717) is 5.69 Å². The molecule has 0 saturated carbocycles. The molecule has 10 heteroatoms. The number of aryl methyl sites for hydroxylation is 2. The van der Waals surface area contributed by atoms with Gasteiger partial charge in [-0.05, 0) is 13.8 Å². The molecule has 0 aliphatic carbocycles. The minimum atomic E-state index is -5.18. The number of hydrogen-bond acceptors (Lipinski definition) is 5. The van der Waals surface area contributed by atoms with Crippen molar-refractivity contribution in [2.75, 3.05) is 5.32 Å². The molecule has 0 aromatic carbocycles. The number of amides is 2. The molecule has 1 aromatic rings. The van der Waals surface area contributed by atoms with Crippen LogP contribution >= 0.6 is 0 Å². The summed E-state index contributed by atoms with van der Waals surface area (Å²) in [6.45, 7) is 2.99. The monoisotopic (exact) mass is 267 g/mol. The molecule has 0 unspecified atom stereocenters. The zero-order chi connectivity index (χ0) is 13.9. The van der Waals surface area contributed by atoms with Crippen molar-refractivity contribution < 1.29 is 32.1 Å². The molecule has 7 nitrogen and oxygen atoms in total. The first kappa shape index (κ1) is 13.8. The Morgan fingerprint density at radius 1 is 1.33 bits per heavy atom. The minimum absolute atomic E-state index is 0.176. The third-order valence-electron chi connectivity index (χ3n) is 1.74. The maximum absolute atomic E-state index is 11.7. The number of rotatable bonds is 1. The predicted molar refractivity (Wildman–Crippen MR) is 50.3 cm³/mol. The summed E-state index contributed by atoms with van der Waals surface area (Å²) in [4.78, 5) is 24.9. The van der Waals surface area contributed by atoms with Crippen LogP contribution in [0.5, 0.6) is 0 Å². The second kappa shape index (κ2) is 4.94. The molecule has 2 N–H and O–H groups in total. The number of nitrogens with one attached hydrogen (secondary N) is 2. The van der Waals surface area contributed by atoms with E-state index in [1.165, 1.54) is 19.3 Å². The first-order chi connectivity index (χ1) is 8.21. The molecule has 100 valence electrons. The first-order valence-electron chi connectivity index (χ1n) is 4.49. The highest BCUT2D eigenvalue weighted by Crippen LogP contribution is 2.18. The van der Waals surface area contributed by atoms with Gasteiger partial charge in [0.2, 0.25) is 0 Å². The van der Waals surface area contributed by atoms with E-state index in [2.05, 4.69) is 15.3 Å². The van der Waals surface area contributed by atoms with Gasteiger partial charge < -0.3 is 14.7 Å². The minimum Gasteiger partial charge on any atom is -0.359 e. The van der Waals surface area contributed by atoms with Gasteiger partial charge in [-0.2, -0.15) is 18.7 Å². The number of anilines is 1. The van der Waals surface area contributed by atoms with Gasteiger partial charge in [-0.3, -0.25) is 0 Å². The number of alkyl halides is 3. The lowest BCUT2D eigenvalue weighted by molar-refractivity contribution is -0.204. The zero-order valence-corrected chi connectivity index (χ0v) is 9.21. The van der Waals surface area contributed by atoms with Crippen molar-refractivity contribution in [3.63, 3.8) is 0 Å². The van der Waals surface area contributed by atoms with Crippen LogP contribution in [-0.4, -0.2) is 23.3 Å². The predicted octanol–water partition coefficient (Wildman–Crippen LogP) is 1.43. The molecule has 0 spiro atoms. The van der Waals surface area contributed by atoms with Crippen molar-refractivity contribution in [3.05, 3.63) is 11.5 Å². The standard InChI is InChI=1S/C8H8F3N3O4/c1-3-5(4(2)17-13-3)12-7(16)14-18-6(15)8(9,10)11/h1-2H3,(H2,12,14,16). The van der Waals surface area contributed by atoms with Crippen LogP contribution in [0.3, 0.4) is 0 Å². The highest BCUT2D eigenvalue weighted by molar-refractivity contribution is 5.90. The number of carbonyl (C=O) groups is 2. The largest absolute Gasteiger partial charge is 0.493 e. The molecule has 18 heavy (non-hydrogen) atoms. The Labute approximate surface area is 98.2 Å². The Kier molecular flexibility index (Phi) is 3.79.